The predicted octanol–water partition coefficient (Wildman–Crippen LogP) is 3.51. The summed E-state index contributed by atoms with van der Waals surface area (Å²) in [4.78, 5) is 30.8. The van der Waals surface area contributed by atoms with Gasteiger partial charge in [0, 0.05) is 24.1 Å². The van der Waals surface area contributed by atoms with Crippen LogP contribution in [-0.2, 0) is 9.84 Å². The van der Waals surface area contributed by atoms with Gasteiger partial charge in [0.15, 0.2) is 27.0 Å². The number of nitrogens with one attached hydrogen (secondary N) is 1. The number of imide groups is 1. The fraction of sp³-hybridized carbons (Fsp3) is 0.250. The number of fused-ring (bicyclic) bond motifs is 1. The number of aromatic amines is 1. The zero-order chi connectivity index (χ0) is 23.8. The third kappa shape index (κ3) is 3.73. The second-order valence-electron chi connectivity index (χ2n) is 7.90. The molecule has 172 valence electrons. The van der Waals surface area contributed by atoms with E-state index >= 15 is 0 Å². The van der Waals surface area contributed by atoms with Gasteiger partial charge in [-0.1, -0.05) is 12.1 Å². The van der Waals surface area contributed by atoms with Crippen LogP contribution in [0.5, 0.6) is 11.5 Å². The fourth-order valence-corrected chi connectivity index (χ4v) is 5.44. The molecular weight excluding hydrogens is 444 g/mol. The lowest BCUT2D eigenvalue weighted by Crippen LogP contribution is -2.58. The number of H-pyrrole nitrogens is 1. The van der Waals surface area contributed by atoms with Gasteiger partial charge in [-0.05, 0) is 37.3 Å². The van der Waals surface area contributed by atoms with Crippen molar-refractivity contribution < 1.29 is 27.5 Å². The lowest BCUT2D eigenvalue weighted by atomic mass is 10.0. The summed E-state index contributed by atoms with van der Waals surface area (Å²) >= 11 is 0. The Morgan fingerprint density at radius 2 is 1.67 bits per heavy atom. The molecule has 1 N–H and O–H groups in total. The molecule has 2 heterocycles. The number of rotatable bonds is 8. The van der Waals surface area contributed by atoms with Gasteiger partial charge in [-0.3, -0.25) is 0 Å². The zero-order valence-electron chi connectivity index (χ0n) is 18.6. The molecule has 0 radical (unpaired) electrons. The van der Waals surface area contributed by atoms with Crippen LogP contribution in [-0.4, -0.2) is 50.9 Å². The van der Waals surface area contributed by atoms with Crippen LogP contribution in [0.4, 0.5) is 5.69 Å². The molecule has 0 saturated carbocycles. The number of carbonyl (C=O) groups excluding carboxylic acids is 2. The minimum Gasteiger partial charge on any atom is -0.493 e. The number of ether oxygens (including phenoxy) is 2. The van der Waals surface area contributed by atoms with E-state index in [2.05, 4.69) is 4.98 Å². The van der Waals surface area contributed by atoms with E-state index < -0.39 is 37.9 Å². The quantitative estimate of drug-likeness (QED) is 0.400. The molecule has 1 aliphatic heterocycles. The van der Waals surface area contributed by atoms with Crippen molar-refractivity contribution in [3.8, 4) is 11.5 Å². The highest BCUT2D eigenvalue weighted by Gasteiger charge is 2.61. The molecule has 1 aliphatic rings. The van der Waals surface area contributed by atoms with Crippen molar-refractivity contribution in [2.45, 2.75) is 13.0 Å². The van der Waals surface area contributed by atoms with Crippen molar-refractivity contribution >= 4 is 27.3 Å². The van der Waals surface area contributed by atoms with E-state index in [1.165, 1.54) is 7.11 Å². The van der Waals surface area contributed by atoms with E-state index in [-0.39, 0.29) is 11.1 Å². The monoisotopic (exact) mass is 469 g/mol. The van der Waals surface area contributed by atoms with E-state index in [4.69, 9.17) is 9.47 Å². The van der Waals surface area contributed by atoms with Crippen LogP contribution in [0.15, 0.2) is 60.9 Å². The molecule has 1 atom stereocenters. The van der Waals surface area contributed by atoms with Crippen LogP contribution in [0.3, 0.4) is 0 Å². The number of hydrogen-bond donors (Lipinski definition) is 1. The first-order chi connectivity index (χ1) is 15.7. The molecule has 3 aromatic rings. The second kappa shape index (κ2) is 8.49. The van der Waals surface area contributed by atoms with Crippen LogP contribution in [0.1, 0.15) is 39.2 Å². The van der Waals surface area contributed by atoms with Gasteiger partial charge >= 0.3 is 11.8 Å². The van der Waals surface area contributed by atoms with Crippen molar-refractivity contribution in [2.75, 3.05) is 25.7 Å². The van der Waals surface area contributed by atoms with Gasteiger partial charge in [0.1, 0.15) is 11.8 Å². The maximum absolute atomic E-state index is 13.9. The minimum atomic E-state index is -3.62. The molecule has 9 heteroatoms. The van der Waals surface area contributed by atoms with E-state index in [9.17, 15) is 18.0 Å². The van der Waals surface area contributed by atoms with Crippen molar-refractivity contribution in [3.05, 3.63) is 77.6 Å². The summed E-state index contributed by atoms with van der Waals surface area (Å²) in [5, 5.41) is 0. The minimum absolute atomic E-state index is 0.265. The Labute approximate surface area is 192 Å². The predicted molar refractivity (Wildman–Crippen MR) is 124 cm³/mol. The lowest BCUT2D eigenvalue weighted by molar-refractivity contribution is 0.0606. The lowest BCUT2D eigenvalue weighted by Gasteiger charge is -2.35. The number of sulfone groups is 1. The molecular formula is C24H25N2O6S+. The van der Waals surface area contributed by atoms with Crippen molar-refractivity contribution in [1.82, 2.24) is 9.47 Å². The standard InChI is InChI=1S/C24H25N2O6S/c1-4-32-22-13-16(9-10-21(22)31-2)20(15-33(3,29)30)26(17-11-12-25-14-17)23(27)18-7-5-6-8-19(18)24(26)28/h5-14,20,25H,4,15H2,1-3H3/q+1. The smallest absolute Gasteiger partial charge is 0.360 e. The third-order valence-corrected chi connectivity index (χ3v) is 6.74. The molecule has 1 unspecified atom stereocenters. The molecule has 0 saturated heterocycles. The van der Waals surface area contributed by atoms with Crippen LogP contribution in [0.2, 0.25) is 0 Å². The SMILES string of the molecule is CCOc1cc(C(CS(C)(=O)=O)[N+]2(c3cc[nH]c3)C(=O)c3ccccc3C2=O)ccc1OC. The molecule has 0 aliphatic carbocycles. The van der Waals surface area contributed by atoms with Crippen LogP contribution in [0.25, 0.3) is 0 Å². The summed E-state index contributed by atoms with van der Waals surface area (Å²) in [6.45, 7) is 2.18. The first-order valence-electron chi connectivity index (χ1n) is 10.4. The highest BCUT2D eigenvalue weighted by molar-refractivity contribution is 7.90. The van der Waals surface area contributed by atoms with Crippen LogP contribution >= 0.6 is 0 Å². The van der Waals surface area contributed by atoms with Gasteiger partial charge in [0.05, 0.1) is 31.0 Å². The topological polar surface area (TPSA) is 103 Å². The number of quaternary nitrogens is 1. The van der Waals surface area contributed by atoms with Gasteiger partial charge < -0.3 is 14.5 Å². The van der Waals surface area contributed by atoms with E-state index in [0.29, 0.717) is 29.4 Å². The maximum Gasteiger partial charge on any atom is 0.360 e. The molecule has 0 fully saturated rings. The molecule has 0 spiro atoms. The summed E-state index contributed by atoms with van der Waals surface area (Å²) < 4.78 is 35.5. The van der Waals surface area contributed by atoms with E-state index in [1.807, 2.05) is 6.92 Å². The Morgan fingerprint density at radius 3 is 2.18 bits per heavy atom. The van der Waals surface area contributed by atoms with Gasteiger partial charge in [-0.15, -0.1) is 4.48 Å². The Morgan fingerprint density at radius 1 is 1.00 bits per heavy atom. The van der Waals surface area contributed by atoms with Crippen LogP contribution < -0.4 is 14.0 Å². The van der Waals surface area contributed by atoms with Crippen LogP contribution in [0, 0.1) is 0 Å². The highest BCUT2D eigenvalue weighted by atomic mass is 32.2. The first-order valence-corrected chi connectivity index (χ1v) is 12.5. The number of hydrogen-bond acceptors (Lipinski definition) is 6. The summed E-state index contributed by atoms with van der Waals surface area (Å²) in [7, 11) is -2.11. The van der Waals surface area contributed by atoms with Crippen molar-refractivity contribution in [1.29, 1.82) is 0 Å². The summed E-state index contributed by atoms with van der Waals surface area (Å²) in [5.74, 6) is -0.508. The molecule has 4 rings (SSSR count). The molecule has 33 heavy (non-hydrogen) atoms. The highest BCUT2D eigenvalue weighted by Crippen LogP contribution is 2.46. The number of nitrogens with zero attached hydrogens (tertiary/aromatic N) is 1. The number of methoxy groups -OCH3 is 1. The zero-order valence-corrected chi connectivity index (χ0v) is 19.4. The van der Waals surface area contributed by atoms with Crippen molar-refractivity contribution in [3.63, 3.8) is 0 Å². The molecule has 2 amide bonds. The maximum atomic E-state index is 13.9. The van der Waals surface area contributed by atoms with Gasteiger partial charge in [-0.25, -0.2) is 18.0 Å². The summed E-state index contributed by atoms with van der Waals surface area (Å²) in [5.41, 5.74) is 1.37. The van der Waals surface area contributed by atoms with E-state index in [1.54, 1.807) is 60.9 Å². The van der Waals surface area contributed by atoms with Crippen molar-refractivity contribution in [2.24, 2.45) is 0 Å². The summed E-state index contributed by atoms with van der Waals surface area (Å²) in [6.07, 6.45) is 4.26. The third-order valence-electron chi connectivity index (χ3n) is 5.82. The Kier molecular flexibility index (Phi) is 5.85. The number of aromatic nitrogens is 1. The number of benzene rings is 2. The Balaban J connectivity index is 2.02. The first kappa shape index (κ1) is 22.8. The number of amides is 2. The fourth-order valence-electron chi connectivity index (χ4n) is 4.45. The molecule has 2 aromatic carbocycles. The molecule has 0 bridgehead atoms. The van der Waals surface area contributed by atoms with Gasteiger partial charge in [-0.2, -0.15) is 0 Å². The second-order valence-corrected chi connectivity index (χ2v) is 10.1. The summed E-state index contributed by atoms with van der Waals surface area (Å²) in [6, 6.07) is 12.1. The van der Waals surface area contributed by atoms with Gasteiger partial charge in [0.25, 0.3) is 0 Å². The Bertz CT molecular complexity index is 1280. The molecule has 8 nitrogen and oxygen atoms in total. The Hall–Kier alpha value is -3.43. The normalized spacial score (nSPS) is 15.8. The van der Waals surface area contributed by atoms with Gasteiger partial charge in [0.2, 0.25) is 0 Å². The average Bonchev–Trinajstić information content (AvgIpc) is 3.39. The number of carbonyl (C=O) groups is 2. The largest absolute Gasteiger partial charge is 0.493 e. The average molecular weight is 470 g/mol. The molecule has 1 aromatic heterocycles. The van der Waals surface area contributed by atoms with E-state index in [0.717, 1.165) is 6.26 Å².